The van der Waals surface area contributed by atoms with Crippen LogP contribution in [-0.4, -0.2) is 8.42 Å². The zero-order valence-corrected chi connectivity index (χ0v) is 13.3. The van der Waals surface area contributed by atoms with Crippen molar-refractivity contribution in [2.45, 2.75) is 18.7 Å². The highest BCUT2D eigenvalue weighted by Gasteiger charge is 2.19. The number of sulfonamides is 1. The van der Waals surface area contributed by atoms with E-state index < -0.39 is 10.0 Å². The molecule has 0 unspecified atom stereocenters. The fourth-order valence-electron chi connectivity index (χ4n) is 1.74. The van der Waals surface area contributed by atoms with Crippen LogP contribution in [0.4, 0.5) is 5.69 Å². The molecular weight excluding hydrogens is 317 g/mol. The Balaban J connectivity index is 2.43. The summed E-state index contributed by atoms with van der Waals surface area (Å²) < 4.78 is 27.3. The van der Waals surface area contributed by atoms with Gasteiger partial charge in [-0.3, -0.25) is 4.72 Å². The SMILES string of the molecule is Cc1ccc(C)c(NS(=O)(=O)c2ccc(Cl)cc2Cl)c1. The highest BCUT2D eigenvalue weighted by Crippen LogP contribution is 2.27. The van der Waals surface area contributed by atoms with E-state index >= 15 is 0 Å². The van der Waals surface area contributed by atoms with Crippen LogP contribution in [0.5, 0.6) is 0 Å². The second-order valence-corrected chi connectivity index (χ2v) is 6.99. The van der Waals surface area contributed by atoms with E-state index in [1.807, 2.05) is 26.0 Å². The van der Waals surface area contributed by atoms with Crippen molar-refractivity contribution >= 4 is 38.9 Å². The van der Waals surface area contributed by atoms with Gasteiger partial charge >= 0.3 is 0 Å². The van der Waals surface area contributed by atoms with E-state index in [2.05, 4.69) is 4.72 Å². The molecule has 0 saturated carbocycles. The fourth-order valence-corrected chi connectivity index (χ4v) is 3.63. The third-order valence-electron chi connectivity index (χ3n) is 2.82. The van der Waals surface area contributed by atoms with Crippen LogP contribution in [0, 0.1) is 13.8 Å². The Morgan fingerprint density at radius 1 is 1.00 bits per heavy atom. The molecule has 0 bridgehead atoms. The van der Waals surface area contributed by atoms with Gasteiger partial charge in [0.1, 0.15) is 4.90 Å². The van der Waals surface area contributed by atoms with Gasteiger partial charge in [-0.05, 0) is 49.2 Å². The molecule has 0 heterocycles. The summed E-state index contributed by atoms with van der Waals surface area (Å²) in [5.74, 6) is 0. The highest BCUT2D eigenvalue weighted by molar-refractivity contribution is 7.92. The molecule has 3 nitrogen and oxygen atoms in total. The van der Waals surface area contributed by atoms with Gasteiger partial charge in [-0.25, -0.2) is 8.42 Å². The lowest BCUT2D eigenvalue weighted by Crippen LogP contribution is -2.14. The Morgan fingerprint density at radius 2 is 1.70 bits per heavy atom. The molecule has 0 aliphatic heterocycles. The zero-order chi connectivity index (χ0) is 14.9. The number of hydrogen-bond acceptors (Lipinski definition) is 2. The lowest BCUT2D eigenvalue weighted by atomic mass is 10.1. The molecule has 6 heteroatoms. The molecule has 0 aromatic heterocycles. The molecule has 2 rings (SSSR count). The Morgan fingerprint density at radius 3 is 2.35 bits per heavy atom. The summed E-state index contributed by atoms with van der Waals surface area (Å²) in [4.78, 5) is 0.00414. The van der Waals surface area contributed by atoms with Gasteiger partial charge in [0.15, 0.2) is 0 Å². The lowest BCUT2D eigenvalue weighted by molar-refractivity contribution is 0.601. The number of aryl methyl sites for hydroxylation is 2. The molecule has 20 heavy (non-hydrogen) atoms. The van der Waals surface area contributed by atoms with Crippen LogP contribution < -0.4 is 4.72 Å². The van der Waals surface area contributed by atoms with E-state index in [1.165, 1.54) is 18.2 Å². The molecule has 0 amide bonds. The molecule has 0 fully saturated rings. The molecule has 1 N–H and O–H groups in total. The van der Waals surface area contributed by atoms with Crippen LogP contribution >= 0.6 is 23.2 Å². The Labute approximate surface area is 128 Å². The van der Waals surface area contributed by atoms with E-state index in [4.69, 9.17) is 23.2 Å². The molecule has 0 aliphatic carbocycles. The van der Waals surface area contributed by atoms with Gasteiger partial charge in [0.05, 0.1) is 10.7 Å². The van der Waals surface area contributed by atoms with Crippen LogP contribution in [-0.2, 0) is 10.0 Å². The highest BCUT2D eigenvalue weighted by atomic mass is 35.5. The monoisotopic (exact) mass is 329 g/mol. The zero-order valence-electron chi connectivity index (χ0n) is 10.9. The molecule has 0 aliphatic rings. The van der Waals surface area contributed by atoms with Gasteiger partial charge < -0.3 is 0 Å². The third kappa shape index (κ3) is 3.26. The minimum Gasteiger partial charge on any atom is -0.279 e. The van der Waals surface area contributed by atoms with E-state index in [0.29, 0.717) is 10.7 Å². The minimum absolute atomic E-state index is 0.00414. The van der Waals surface area contributed by atoms with Gasteiger partial charge in [-0.15, -0.1) is 0 Å². The van der Waals surface area contributed by atoms with Crippen molar-refractivity contribution in [3.8, 4) is 0 Å². The predicted molar refractivity (Wildman–Crippen MR) is 83.2 cm³/mol. The maximum absolute atomic E-state index is 12.4. The molecule has 2 aromatic rings. The summed E-state index contributed by atoms with van der Waals surface area (Å²) in [6.07, 6.45) is 0. The fraction of sp³-hybridized carbons (Fsp3) is 0.143. The molecule has 2 aromatic carbocycles. The normalized spacial score (nSPS) is 11.4. The quantitative estimate of drug-likeness (QED) is 0.906. The molecular formula is C14H13Cl2NO2S. The second kappa shape index (κ2) is 5.64. The van der Waals surface area contributed by atoms with Crippen molar-refractivity contribution < 1.29 is 8.42 Å². The largest absolute Gasteiger partial charge is 0.279 e. The van der Waals surface area contributed by atoms with Crippen LogP contribution in [0.3, 0.4) is 0 Å². The van der Waals surface area contributed by atoms with Crippen molar-refractivity contribution in [3.63, 3.8) is 0 Å². The summed E-state index contributed by atoms with van der Waals surface area (Å²) in [5.41, 5.74) is 2.34. The topological polar surface area (TPSA) is 46.2 Å². The second-order valence-electron chi connectivity index (χ2n) is 4.50. The van der Waals surface area contributed by atoms with Gasteiger partial charge in [0.2, 0.25) is 0 Å². The Bertz CT molecular complexity index is 758. The van der Waals surface area contributed by atoms with Crippen LogP contribution in [0.15, 0.2) is 41.3 Å². The average molecular weight is 330 g/mol. The smallest absolute Gasteiger partial charge is 0.263 e. The first kappa shape index (κ1) is 15.2. The first-order chi connectivity index (χ1) is 9.29. The first-order valence-electron chi connectivity index (χ1n) is 5.85. The number of nitrogens with one attached hydrogen (secondary N) is 1. The summed E-state index contributed by atoms with van der Waals surface area (Å²) in [6, 6.07) is 9.83. The van der Waals surface area contributed by atoms with Crippen molar-refractivity contribution in [2.24, 2.45) is 0 Å². The van der Waals surface area contributed by atoms with Gasteiger partial charge in [0.25, 0.3) is 10.0 Å². The number of hydrogen-bond donors (Lipinski definition) is 1. The van der Waals surface area contributed by atoms with Crippen molar-refractivity contribution in [2.75, 3.05) is 4.72 Å². The first-order valence-corrected chi connectivity index (χ1v) is 8.08. The summed E-state index contributed by atoms with van der Waals surface area (Å²) in [5, 5.41) is 0.482. The van der Waals surface area contributed by atoms with Gasteiger partial charge in [-0.2, -0.15) is 0 Å². The van der Waals surface area contributed by atoms with Crippen LogP contribution in [0.2, 0.25) is 10.0 Å². The molecule has 0 spiro atoms. The van der Waals surface area contributed by atoms with E-state index in [9.17, 15) is 8.42 Å². The van der Waals surface area contributed by atoms with Gasteiger partial charge in [0, 0.05) is 5.02 Å². The van der Waals surface area contributed by atoms with Crippen molar-refractivity contribution in [1.29, 1.82) is 0 Å². The number of benzene rings is 2. The minimum atomic E-state index is -3.74. The standard InChI is InChI=1S/C14H13Cl2NO2S/c1-9-3-4-10(2)13(7-9)17-20(18,19)14-6-5-11(15)8-12(14)16/h3-8,17H,1-2H3. The average Bonchev–Trinajstić information content (AvgIpc) is 2.33. The molecule has 0 saturated heterocycles. The molecule has 0 atom stereocenters. The lowest BCUT2D eigenvalue weighted by Gasteiger charge is -2.12. The summed E-state index contributed by atoms with van der Waals surface area (Å²) >= 11 is 11.7. The van der Waals surface area contributed by atoms with Crippen molar-refractivity contribution in [1.82, 2.24) is 0 Å². The Kier molecular flexibility index (Phi) is 4.28. The van der Waals surface area contributed by atoms with E-state index in [1.54, 1.807) is 6.07 Å². The molecule has 106 valence electrons. The van der Waals surface area contributed by atoms with Crippen LogP contribution in [0.1, 0.15) is 11.1 Å². The van der Waals surface area contributed by atoms with E-state index in [-0.39, 0.29) is 9.92 Å². The maximum Gasteiger partial charge on any atom is 0.263 e. The summed E-state index contributed by atoms with van der Waals surface area (Å²) in [6.45, 7) is 3.73. The van der Waals surface area contributed by atoms with E-state index in [0.717, 1.165) is 11.1 Å². The predicted octanol–water partition coefficient (Wildman–Crippen LogP) is 4.41. The van der Waals surface area contributed by atoms with Crippen molar-refractivity contribution in [3.05, 3.63) is 57.6 Å². The molecule has 0 radical (unpaired) electrons. The maximum atomic E-state index is 12.4. The Hall–Kier alpha value is -1.23. The number of halogens is 2. The number of rotatable bonds is 3. The number of anilines is 1. The van der Waals surface area contributed by atoms with Gasteiger partial charge in [-0.1, -0.05) is 35.3 Å². The summed E-state index contributed by atoms with van der Waals surface area (Å²) in [7, 11) is -3.74. The van der Waals surface area contributed by atoms with Crippen LogP contribution in [0.25, 0.3) is 0 Å². The third-order valence-corrected chi connectivity index (χ3v) is 4.90.